The van der Waals surface area contributed by atoms with Crippen molar-refractivity contribution >= 4 is 0 Å². The van der Waals surface area contributed by atoms with Crippen molar-refractivity contribution in [1.82, 2.24) is 5.32 Å². The van der Waals surface area contributed by atoms with E-state index in [-0.39, 0.29) is 0 Å². The zero-order valence-corrected chi connectivity index (χ0v) is 9.44. The van der Waals surface area contributed by atoms with Crippen LogP contribution in [0.1, 0.15) is 46.0 Å². The van der Waals surface area contributed by atoms with Crippen LogP contribution in [-0.4, -0.2) is 26.3 Å². The monoisotopic (exact) mass is 187 g/mol. The van der Waals surface area contributed by atoms with Crippen molar-refractivity contribution in [3.63, 3.8) is 0 Å². The van der Waals surface area contributed by atoms with Crippen molar-refractivity contribution in [1.29, 1.82) is 0 Å². The first-order valence-corrected chi connectivity index (χ1v) is 5.66. The van der Waals surface area contributed by atoms with Gasteiger partial charge in [0, 0.05) is 19.7 Å². The molecule has 0 saturated heterocycles. The van der Waals surface area contributed by atoms with E-state index in [1.807, 2.05) is 13.8 Å². The van der Waals surface area contributed by atoms with E-state index in [9.17, 15) is 0 Å². The van der Waals surface area contributed by atoms with Crippen molar-refractivity contribution in [2.75, 3.05) is 20.3 Å². The summed E-state index contributed by atoms with van der Waals surface area (Å²) in [5, 5.41) is 3.50. The molecule has 0 aliphatic heterocycles. The summed E-state index contributed by atoms with van der Waals surface area (Å²) < 4.78 is 4.97. The van der Waals surface area contributed by atoms with Crippen molar-refractivity contribution in [2.24, 2.45) is 0 Å². The third-order valence-corrected chi connectivity index (χ3v) is 2.34. The molecule has 0 spiro atoms. The Kier molecular flexibility index (Phi) is 9.94. The van der Waals surface area contributed by atoms with Crippen molar-refractivity contribution in [3.05, 3.63) is 0 Å². The van der Waals surface area contributed by atoms with Crippen LogP contribution < -0.4 is 5.32 Å². The highest BCUT2D eigenvalue weighted by Gasteiger charge is 2.11. The first-order chi connectivity index (χ1) is 6.43. The topological polar surface area (TPSA) is 21.3 Å². The van der Waals surface area contributed by atoms with Crippen LogP contribution in [0.2, 0.25) is 0 Å². The van der Waals surface area contributed by atoms with Gasteiger partial charge in [-0.3, -0.25) is 0 Å². The van der Waals surface area contributed by atoms with Crippen LogP contribution >= 0.6 is 0 Å². The smallest absolute Gasteiger partial charge is 0.0587 e. The van der Waals surface area contributed by atoms with Gasteiger partial charge in [0.2, 0.25) is 0 Å². The van der Waals surface area contributed by atoms with E-state index in [1.165, 1.54) is 32.1 Å². The number of rotatable bonds is 4. The predicted octanol–water partition coefficient (Wildman–Crippen LogP) is 2.58. The molecule has 13 heavy (non-hydrogen) atoms. The second-order valence-corrected chi connectivity index (χ2v) is 3.28. The minimum absolute atomic E-state index is 0.777. The SMILES string of the molecule is CC.COCCNC1CCCCC1. The van der Waals surface area contributed by atoms with E-state index in [1.54, 1.807) is 7.11 Å². The molecule has 0 aromatic carbocycles. The highest BCUT2D eigenvalue weighted by molar-refractivity contribution is 4.71. The van der Waals surface area contributed by atoms with Crippen LogP contribution in [0.15, 0.2) is 0 Å². The van der Waals surface area contributed by atoms with E-state index >= 15 is 0 Å². The number of methoxy groups -OCH3 is 1. The van der Waals surface area contributed by atoms with Gasteiger partial charge in [-0.2, -0.15) is 0 Å². The molecule has 1 saturated carbocycles. The highest BCUT2D eigenvalue weighted by atomic mass is 16.5. The molecule has 0 unspecified atom stereocenters. The lowest BCUT2D eigenvalue weighted by Crippen LogP contribution is -2.33. The second kappa shape index (κ2) is 10.0. The molecule has 1 aliphatic carbocycles. The second-order valence-electron chi connectivity index (χ2n) is 3.28. The van der Waals surface area contributed by atoms with Crippen LogP contribution in [0, 0.1) is 0 Å². The summed E-state index contributed by atoms with van der Waals surface area (Å²) in [5.41, 5.74) is 0. The van der Waals surface area contributed by atoms with E-state index in [2.05, 4.69) is 5.32 Å². The van der Waals surface area contributed by atoms with E-state index in [0.29, 0.717) is 0 Å². The molecule has 1 rings (SSSR count). The van der Waals surface area contributed by atoms with Crippen molar-refractivity contribution in [3.8, 4) is 0 Å². The third kappa shape index (κ3) is 7.03. The van der Waals surface area contributed by atoms with E-state index in [0.717, 1.165) is 19.2 Å². The fourth-order valence-electron chi connectivity index (χ4n) is 1.67. The molecule has 0 radical (unpaired) electrons. The summed E-state index contributed by atoms with van der Waals surface area (Å²) in [5.74, 6) is 0. The molecule has 1 fully saturated rings. The first kappa shape index (κ1) is 12.9. The summed E-state index contributed by atoms with van der Waals surface area (Å²) in [6, 6.07) is 0.777. The van der Waals surface area contributed by atoms with Gasteiger partial charge < -0.3 is 10.1 Å². The molecule has 80 valence electrons. The Bertz CT molecular complexity index is 90.1. The van der Waals surface area contributed by atoms with Gasteiger partial charge in [0.25, 0.3) is 0 Å². The summed E-state index contributed by atoms with van der Waals surface area (Å²) in [7, 11) is 1.75. The van der Waals surface area contributed by atoms with Crippen LogP contribution in [0.25, 0.3) is 0 Å². The molecule has 2 heteroatoms. The molecule has 0 heterocycles. The lowest BCUT2D eigenvalue weighted by atomic mass is 9.96. The maximum absolute atomic E-state index is 4.97. The average molecular weight is 187 g/mol. The highest BCUT2D eigenvalue weighted by Crippen LogP contribution is 2.16. The van der Waals surface area contributed by atoms with Crippen LogP contribution in [0.5, 0.6) is 0 Å². The lowest BCUT2D eigenvalue weighted by Gasteiger charge is -2.22. The standard InChI is InChI=1S/C9H19NO.C2H6/c1-11-8-7-10-9-5-3-2-4-6-9;1-2/h9-10H,2-8H2,1H3;1-2H3. The largest absolute Gasteiger partial charge is 0.383 e. The summed E-state index contributed by atoms with van der Waals surface area (Å²) in [4.78, 5) is 0. The summed E-state index contributed by atoms with van der Waals surface area (Å²) in [6.45, 7) is 5.86. The van der Waals surface area contributed by atoms with E-state index < -0.39 is 0 Å². The lowest BCUT2D eigenvalue weighted by molar-refractivity contribution is 0.192. The van der Waals surface area contributed by atoms with Gasteiger partial charge in [-0.05, 0) is 12.8 Å². The van der Waals surface area contributed by atoms with Crippen molar-refractivity contribution in [2.45, 2.75) is 52.0 Å². The fourth-order valence-corrected chi connectivity index (χ4v) is 1.67. The first-order valence-electron chi connectivity index (χ1n) is 5.66. The molecular weight excluding hydrogens is 162 g/mol. The number of nitrogens with one attached hydrogen (secondary N) is 1. The molecule has 1 aliphatic rings. The zero-order chi connectivity index (χ0) is 9.94. The third-order valence-electron chi connectivity index (χ3n) is 2.34. The van der Waals surface area contributed by atoms with Gasteiger partial charge in [0.1, 0.15) is 0 Å². The fraction of sp³-hybridized carbons (Fsp3) is 1.00. The number of hydrogen-bond acceptors (Lipinski definition) is 2. The molecule has 1 N–H and O–H groups in total. The van der Waals surface area contributed by atoms with Crippen LogP contribution in [0.3, 0.4) is 0 Å². The van der Waals surface area contributed by atoms with Gasteiger partial charge in [-0.1, -0.05) is 33.1 Å². The Labute approximate surface area is 83.1 Å². The molecular formula is C11H25NO. The van der Waals surface area contributed by atoms with E-state index in [4.69, 9.17) is 4.74 Å². The molecule has 0 bridgehead atoms. The number of ether oxygens (including phenoxy) is 1. The Morgan fingerprint density at radius 3 is 2.31 bits per heavy atom. The molecule has 2 nitrogen and oxygen atoms in total. The maximum atomic E-state index is 4.97. The molecule has 0 amide bonds. The van der Waals surface area contributed by atoms with Crippen LogP contribution in [-0.2, 0) is 4.74 Å². The Balaban J connectivity index is 0.000000671. The minimum atomic E-state index is 0.777. The average Bonchev–Trinajstić information content (AvgIpc) is 2.23. The molecule has 0 aromatic heterocycles. The van der Waals surface area contributed by atoms with Crippen LogP contribution in [0.4, 0.5) is 0 Å². The zero-order valence-electron chi connectivity index (χ0n) is 9.44. The molecule has 0 atom stereocenters. The normalized spacial score (nSPS) is 17.8. The Hall–Kier alpha value is -0.0800. The maximum Gasteiger partial charge on any atom is 0.0587 e. The van der Waals surface area contributed by atoms with Gasteiger partial charge in [-0.25, -0.2) is 0 Å². The predicted molar refractivity (Wildman–Crippen MR) is 58.1 cm³/mol. The minimum Gasteiger partial charge on any atom is -0.383 e. The summed E-state index contributed by atoms with van der Waals surface area (Å²) >= 11 is 0. The summed E-state index contributed by atoms with van der Waals surface area (Å²) in [6.07, 6.45) is 6.98. The van der Waals surface area contributed by atoms with Gasteiger partial charge >= 0.3 is 0 Å². The van der Waals surface area contributed by atoms with Gasteiger partial charge in [0.15, 0.2) is 0 Å². The van der Waals surface area contributed by atoms with Gasteiger partial charge in [-0.15, -0.1) is 0 Å². The quantitative estimate of drug-likeness (QED) is 0.683. The Morgan fingerprint density at radius 1 is 1.15 bits per heavy atom. The Morgan fingerprint density at radius 2 is 1.77 bits per heavy atom. The van der Waals surface area contributed by atoms with Gasteiger partial charge in [0.05, 0.1) is 6.61 Å². The van der Waals surface area contributed by atoms with Crippen molar-refractivity contribution < 1.29 is 4.74 Å². The number of hydrogen-bond donors (Lipinski definition) is 1. The molecule has 0 aromatic rings.